The fourth-order valence-electron chi connectivity index (χ4n) is 1.74. The Kier molecular flexibility index (Phi) is 4.40. The summed E-state index contributed by atoms with van der Waals surface area (Å²) in [5.41, 5.74) is 0.0204. The molecule has 1 fully saturated rings. The van der Waals surface area contributed by atoms with E-state index in [9.17, 15) is 8.42 Å². The van der Waals surface area contributed by atoms with Crippen LogP contribution in [0.2, 0.25) is 0 Å². The quantitative estimate of drug-likeness (QED) is 0.696. The number of hydrogen-bond acceptors (Lipinski definition) is 3. The highest BCUT2D eigenvalue weighted by atomic mass is 79.9. The Labute approximate surface area is 94.3 Å². The molecule has 0 spiro atoms. The summed E-state index contributed by atoms with van der Waals surface area (Å²) in [5.74, 6) is 0.465. The summed E-state index contributed by atoms with van der Waals surface area (Å²) in [7, 11) is -1.40. The van der Waals surface area contributed by atoms with E-state index in [4.69, 9.17) is 4.74 Å². The Morgan fingerprint density at radius 3 is 2.43 bits per heavy atom. The van der Waals surface area contributed by atoms with Crippen molar-refractivity contribution in [3.05, 3.63) is 0 Å². The Balaban J connectivity index is 2.49. The number of halogens is 1. The van der Waals surface area contributed by atoms with Crippen molar-refractivity contribution >= 4 is 25.8 Å². The van der Waals surface area contributed by atoms with Crippen LogP contribution in [0.25, 0.3) is 0 Å². The molecular formula is C9H17BrO3S. The minimum Gasteiger partial charge on any atom is -0.384 e. The molecule has 0 unspecified atom stereocenters. The summed E-state index contributed by atoms with van der Waals surface area (Å²) in [6, 6.07) is 0. The Morgan fingerprint density at radius 2 is 2.07 bits per heavy atom. The molecule has 1 saturated carbocycles. The lowest BCUT2D eigenvalue weighted by atomic mass is 9.72. The lowest BCUT2D eigenvalue weighted by molar-refractivity contribution is 0.199. The summed E-state index contributed by atoms with van der Waals surface area (Å²) in [5, 5.41) is 0.798. The van der Waals surface area contributed by atoms with Gasteiger partial charge in [-0.2, -0.15) is 0 Å². The minimum absolute atomic E-state index is 0.0204. The maximum atomic E-state index is 11.7. The van der Waals surface area contributed by atoms with E-state index in [1.54, 1.807) is 0 Å². The fourth-order valence-corrected chi connectivity index (χ4v) is 4.65. The minimum atomic E-state index is -2.93. The van der Waals surface area contributed by atoms with Crippen LogP contribution in [0.1, 0.15) is 19.3 Å². The van der Waals surface area contributed by atoms with Crippen LogP contribution in [0, 0.1) is 5.41 Å². The van der Waals surface area contributed by atoms with Crippen LogP contribution in [0.4, 0.5) is 0 Å². The summed E-state index contributed by atoms with van der Waals surface area (Å²) in [4.78, 5) is 0. The Morgan fingerprint density at radius 1 is 1.43 bits per heavy atom. The molecule has 0 N–H and O–H groups in total. The third kappa shape index (κ3) is 3.21. The van der Waals surface area contributed by atoms with Gasteiger partial charge in [-0.25, -0.2) is 8.42 Å². The van der Waals surface area contributed by atoms with Crippen LogP contribution in [-0.4, -0.2) is 39.0 Å². The van der Waals surface area contributed by atoms with Crippen molar-refractivity contribution in [2.45, 2.75) is 19.3 Å². The summed E-state index contributed by atoms with van der Waals surface area (Å²) in [6.45, 7) is 0.306. The van der Waals surface area contributed by atoms with Gasteiger partial charge in [-0.15, -0.1) is 0 Å². The highest BCUT2D eigenvalue weighted by Gasteiger charge is 2.39. The van der Waals surface area contributed by atoms with E-state index in [2.05, 4.69) is 15.9 Å². The van der Waals surface area contributed by atoms with Gasteiger partial charge in [0.15, 0.2) is 9.84 Å². The number of hydrogen-bond donors (Lipinski definition) is 0. The van der Waals surface area contributed by atoms with Crippen molar-refractivity contribution < 1.29 is 13.2 Å². The van der Waals surface area contributed by atoms with Gasteiger partial charge in [0.2, 0.25) is 0 Å². The third-order valence-corrected chi connectivity index (χ3v) is 5.85. The Hall–Kier alpha value is 0.390. The molecule has 1 rings (SSSR count). The zero-order valence-electron chi connectivity index (χ0n) is 8.46. The van der Waals surface area contributed by atoms with Gasteiger partial charge in [0.1, 0.15) is 0 Å². The van der Waals surface area contributed by atoms with E-state index in [-0.39, 0.29) is 11.2 Å². The first-order valence-corrected chi connectivity index (χ1v) is 7.73. The molecule has 84 valence electrons. The lowest BCUT2D eigenvalue weighted by Crippen LogP contribution is -2.39. The van der Waals surface area contributed by atoms with E-state index in [0.717, 1.165) is 24.6 Å². The molecule has 0 aliphatic heterocycles. The van der Waals surface area contributed by atoms with Gasteiger partial charge in [-0.3, -0.25) is 0 Å². The predicted octanol–water partition coefficient (Wildman–Crippen LogP) is 1.61. The molecule has 0 radical (unpaired) electrons. The van der Waals surface area contributed by atoms with Crippen molar-refractivity contribution in [3.63, 3.8) is 0 Å². The molecule has 1 aliphatic carbocycles. The zero-order valence-corrected chi connectivity index (χ0v) is 10.9. The van der Waals surface area contributed by atoms with Gasteiger partial charge in [-0.05, 0) is 18.3 Å². The first kappa shape index (κ1) is 12.5. The number of alkyl halides is 1. The van der Waals surface area contributed by atoms with E-state index < -0.39 is 9.84 Å². The molecule has 0 bridgehead atoms. The van der Waals surface area contributed by atoms with Crippen LogP contribution in [0.15, 0.2) is 0 Å². The van der Waals surface area contributed by atoms with E-state index in [0.29, 0.717) is 12.4 Å². The maximum Gasteiger partial charge on any atom is 0.153 e. The molecule has 3 nitrogen and oxygen atoms in total. The van der Waals surface area contributed by atoms with Crippen LogP contribution >= 0.6 is 15.9 Å². The molecule has 0 atom stereocenters. The lowest BCUT2D eigenvalue weighted by Gasteiger charge is -2.40. The normalized spacial score (nSPS) is 20.4. The van der Waals surface area contributed by atoms with Crippen LogP contribution in [0.3, 0.4) is 0 Å². The monoisotopic (exact) mass is 284 g/mol. The highest BCUT2D eigenvalue weighted by molar-refractivity contribution is 9.09. The van der Waals surface area contributed by atoms with Crippen LogP contribution < -0.4 is 0 Å². The predicted molar refractivity (Wildman–Crippen MR) is 60.6 cm³/mol. The fraction of sp³-hybridized carbons (Fsp3) is 1.00. The SMILES string of the molecule is COCCS(=O)(=O)CC1(CBr)CCC1. The standard InChI is InChI=1S/C9H17BrO3S/c1-13-5-6-14(11,12)8-9(7-10)3-2-4-9/h2-8H2,1H3. The number of ether oxygens (including phenoxy) is 1. The van der Waals surface area contributed by atoms with Crippen molar-refractivity contribution in [2.24, 2.45) is 5.41 Å². The molecule has 14 heavy (non-hydrogen) atoms. The summed E-state index contributed by atoms with van der Waals surface area (Å²) >= 11 is 3.41. The molecule has 0 saturated heterocycles. The first-order chi connectivity index (χ1) is 6.54. The van der Waals surface area contributed by atoms with Crippen molar-refractivity contribution in [3.8, 4) is 0 Å². The average molecular weight is 285 g/mol. The first-order valence-electron chi connectivity index (χ1n) is 4.79. The van der Waals surface area contributed by atoms with E-state index in [1.165, 1.54) is 7.11 Å². The van der Waals surface area contributed by atoms with Crippen molar-refractivity contribution in [1.29, 1.82) is 0 Å². The van der Waals surface area contributed by atoms with Gasteiger partial charge in [-0.1, -0.05) is 22.4 Å². The molecular weight excluding hydrogens is 268 g/mol. The molecule has 0 aromatic heterocycles. The van der Waals surface area contributed by atoms with Crippen molar-refractivity contribution in [1.82, 2.24) is 0 Å². The number of rotatable bonds is 6. The molecule has 0 heterocycles. The second kappa shape index (κ2) is 4.94. The largest absolute Gasteiger partial charge is 0.384 e. The van der Waals surface area contributed by atoms with Crippen LogP contribution in [0.5, 0.6) is 0 Å². The van der Waals surface area contributed by atoms with Gasteiger partial charge in [0.25, 0.3) is 0 Å². The Bertz CT molecular complexity index is 264. The molecule has 0 amide bonds. The highest BCUT2D eigenvalue weighted by Crippen LogP contribution is 2.43. The maximum absolute atomic E-state index is 11.7. The third-order valence-electron chi connectivity index (χ3n) is 2.82. The van der Waals surface area contributed by atoms with Crippen LogP contribution in [-0.2, 0) is 14.6 Å². The van der Waals surface area contributed by atoms with Gasteiger partial charge < -0.3 is 4.74 Å². The zero-order chi connectivity index (χ0) is 10.7. The van der Waals surface area contributed by atoms with Gasteiger partial charge in [0, 0.05) is 12.4 Å². The van der Waals surface area contributed by atoms with Gasteiger partial charge in [0.05, 0.1) is 18.1 Å². The second-order valence-electron chi connectivity index (χ2n) is 4.07. The summed E-state index contributed by atoms with van der Waals surface area (Å²) in [6.07, 6.45) is 3.22. The molecule has 5 heteroatoms. The number of methoxy groups -OCH3 is 1. The topological polar surface area (TPSA) is 43.4 Å². The molecule has 1 aliphatic rings. The average Bonchev–Trinajstić information content (AvgIpc) is 2.08. The molecule has 0 aromatic carbocycles. The molecule has 0 aromatic rings. The second-order valence-corrected chi connectivity index (χ2v) is 6.82. The summed E-state index contributed by atoms with van der Waals surface area (Å²) < 4.78 is 28.1. The van der Waals surface area contributed by atoms with E-state index in [1.807, 2.05) is 0 Å². The smallest absolute Gasteiger partial charge is 0.153 e. The van der Waals surface area contributed by atoms with Gasteiger partial charge >= 0.3 is 0 Å². The van der Waals surface area contributed by atoms with Crippen molar-refractivity contribution in [2.75, 3.05) is 30.6 Å². The number of sulfone groups is 1. The van der Waals surface area contributed by atoms with E-state index >= 15 is 0 Å².